The summed E-state index contributed by atoms with van der Waals surface area (Å²) in [6.07, 6.45) is 2.81. The van der Waals surface area contributed by atoms with Gasteiger partial charge in [-0.05, 0) is 32.9 Å². The molecule has 0 radical (unpaired) electrons. The molecule has 1 aliphatic rings. The molecule has 0 amide bonds. The Labute approximate surface area is 124 Å². The molecule has 0 spiro atoms. The molecule has 0 aliphatic carbocycles. The molecule has 0 saturated carbocycles. The zero-order valence-electron chi connectivity index (χ0n) is 12.4. The van der Waals surface area contributed by atoms with Gasteiger partial charge in [0.1, 0.15) is 4.88 Å². The van der Waals surface area contributed by atoms with Gasteiger partial charge in [-0.3, -0.25) is 0 Å². The van der Waals surface area contributed by atoms with Gasteiger partial charge in [0.15, 0.2) is 5.13 Å². The molecule has 2 heterocycles. The van der Waals surface area contributed by atoms with Gasteiger partial charge in [-0.2, -0.15) is 0 Å². The Balaban J connectivity index is 2.30. The van der Waals surface area contributed by atoms with Gasteiger partial charge in [-0.25, -0.2) is 9.78 Å². The predicted octanol–water partition coefficient (Wildman–Crippen LogP) is 2.32. The van der Waals surface area contributed by atoms with Crippen LogP contribution in [0.1, 0.15) is 42.1 Å². The van der Waals surface area contributed by atoms with E-state index in [2.05, 4.69) is 28.8 Å². The number of hydrogen-bond donors (Lipinski definition) is 1. The maximum atomic E-state index is 11.3. The number of hydrogen-bond acceptors (Lipinski definition) is 5. The van der Waals surface area contributed by atoms with Crippen LogP contribution in [0.25, 0.3) is 0 Å². The molecule has 5 nitrogen and oxygen atoms in total. The first-order valence-electron chi connectivity index (χ1n) is 7.25. The highest BCUT2D eigenvalue weighted by molar-refractivity contribution is 7.17. The van der Waals surface area contributed by atoms with Crippen molar-refractivity contribution >= 4 is 22.4 Å². The van der Waals surface area contributed by atoms with Gasteiger partial charge in [0.05, 0.1) is 5.69 Å². The standard InChI is InChI=1S/C14H23N3O2S/c1-4-10-9-16(3)7-6-8-17(10)14-15-11(5-2)12(20-14)13(18)19/h10H,4-9H2,1-3H3,(H,18,19). The molecule has 112 valence electrons. The van der Waals surface area contributed by atoms with Crippen LogP contribution in [0.4, 0.5) is 5.13 Å². The van der Waals surface area contributed by atoms with E-state index >= 15 is 0 Å². The number of nitrogens with zero attached hydrogens (tertiary/aromatic N) is 3. The van der Waals surface area contributed by atoms with Crippen LogP contribution >= 0.6 is 11.3 Å². The van der Waals surface area contributed by atoms with Crippen molar-refractivity contribution < 1.29 is 9.90 Å². The zero-order chi connectivity index (χ0) is 14.7. The van der Waals surface area contributed by atoms with Crippen LogP contribution in [0.3, 0.4) is 0 Å². The number of aromatic carboxylic acids is 1. The SMILES string of the molecule is CCc1nc(N2CCCN(C)CC2CC)sc1C(=O)O. The number of rotatable bonds is 4. The lowest BCUT2D eigenvalue weighted by molar-refractivity contribution is 0.0701. The number of carbonyl (C=O) groups is 1. The Morgan fingerprint density at radius 1 is 1.45 bits per heavy atom. The van der Waals surface area contributed by atoms with E-state index in [4.69, 9.17) is 0 Å². The van der Waals surface area contributed by atoms with E-state index in [0.29, 0.717) is 23.0 Å². The first-order chi connectivity index (χ1) is 9.56. The van der Waals surface area contributed by atoms with Gasteiger partial charge < -0.3 is 14.9 Å². The van der Waals surface area contributed by atoms with E-state index in [1.54, 1.807) is 0 Å². The number of likely N-dealkylation sites (N-methyl/N-ethyl adjacent to an activating group) is 1. The van der Waals surface area contributed by atoms with Gasteiger partial charge in [-0.1, -0.05) is 25.2 Å². The van der Waals surface area contributed by atoms with Crippen LogP contribution in [-0.4, -0.2) is 53.7 Å². The molecule has 1 aliphatic heterocycles. The van der Waals surface area contributed by atoms with Crippen LogP contribution in [0.15, 0.2) is 0 Å². The fraction of sp³-hybridized carbons (Fsp3) is 0.714. The second kappa shape index (κ2) is 6.54. The van der Waals surface area contributed by atoms with Gasteiger partial charge in [0.25, 0.3) is 0 Å². The molecular formula is C14H23N3O2S. The quantitative estimate of drug-likeness (QED) is 0.924. The summed E-state index contributed by atoms with van der Waals surface area (Å²) in [5.74, 6) is -0.856. The van der Waals surface area contributed by atoms with E-state index in [0.717, 1.165) is 37.6 Å². The van der Waals surface area contributed by atoms with Crippen LogP contribution in [0.5, 0.6) is 0 Å². The average molecular weight is 297 g/mol. The highest BCUT2D eigenvalue weighted by Gasteiger charge is 2.26. The smallest absolute Gasteiger partial charge is 0.347 e. The molecule has 2 rings (SSSR count). The van der Waals surface area contributed by atoms with Crippen LogP contribution in [0.2, 0.25) is 0 Å². The van der Waals surface area contributed by atoms with E-state index in [1.807, 2.05) is 6.92 Å². The van der Waals surface area contributed by atoms with Crippen molar-refractivity contribution in [3.63, 3.8) is 0 Å². The summed E-state index contributed by atoms with van der Waals surface area (Å²) in [7, 11) is 2.15. The lowest BCUT2D eigenvalue weighted by atomic mass is 10.2. The van der Waals surface area contributed by atoms with Gasteiger partial charge in [0, 0.05) is 19.1 Å². The summed E-state index contributed by atoms with van der Waals surface area (Å²) in [5, 5.41) is 10.1. The minimum absolute atomic E-state index is 0.398. The third kappa shape index (κ3) is 3.12. The molecule has 1 saturated heterocycles. The number of thiazole rings is 1. The Bertz CT molecular complexity index is 475. The Morgan fingerprint density at radius 3 is 2.75 bits per heavy atom. The Hall–Kier alpha value is -1.14. The summed E-state index contributed by atoms with van der Waals surface area (Å²) in [4.78, 5) is 20.9. The van der Waals surface area contributed by atoms with Gasteiger partial charge in [-0.15, -0.1) is 0 Å². The summed E-state index contributed by atoms with van der Waals surface area (Å²) < 4.78 is 0. The molecule has 1 aromatic rings. The largest absolute Gasteiger partial charge is 0.477 e. The second-order valence-corrected chi connectivity index (χ2v) is 6.28. The van der Waals surface area contributed by atoms with Crippen molar-refractivity contribution in [1.29, 1.82) is 0 Å². The van der Waals surface area contributed by atoms with Gasteiger partial charge in [0.2, 0.25) is 0 Å². The van der Waals surface area contributed by atoms with E-state index in [-0.39, 0.29) is 0 Å². The van der Waals surface area contributed by atoms with Crippen molar-refractivity contribution in [3.8, 4) is 0 Å². The molecule has 20 heavy (non-hydrogen) atoms. The topological polar surface area (TPSA) is 56.7 Å². The van der Waals surface area contributed by atoms with Crippen LogP contribution < -0.4 is 4.90 Å². The molecule has 1 aromatic heterocycles. The van der Waals surface area contributed by atoms with Crippen molar-refractivity contribution in [2.75, 3.05) is 31.6 Å². The molecule has 1 fully saturated rings. The van der Waals surface area contributed by atoms with E-state index < -0.39 is 5.97 Å². The molecule has 0 bridgehead atoms. The maximum Gasteiger partial charge on any atom is 0.347 e. The summed E-state index contributed by atoms with van der Waals surface area (Å²) in [5.41, 5.74) is 0.713. The first kappa shape index (κ1) is 15.3. The molecule has 1 atom stereocenters. The number of carboxylic acids is 1. The van der Waals surface area contributed by atoms with Crippen molar-refractivity contribution in [2.24, 2.45) is 0 Å². The first-order valence-corrected chi connectivity index (χ1v) is 8.06. The Morgan fingerprint density at radius 2 is 2.20 bits per heavy atom. The monoisotopic (exact) mass is 297 g/mol. The minimum Gasteiger partial charge on any atom is -0.477 e. The molecular weight excluding hydrogens is 274 g/mol. The third-order valence-corrected chi connectivity index (χ3v) is 4.96. The lowest BCUT2D eigenvalue weighted by Crippen LogP contribution is -2.39. The number of aryl methyl sites for hydroxylation is 1. The summed E-state index contributed by atoms with van der Waals surface area (Å²) in [6.45, 7) is 7.20. The summed E-state index contributed by atoms with van der Waals surface area (Å²) in [6, 6.07) is 0.417. The van der Waals surface area contributed by atoms with Gasteiger partial charge >= 0.3 is 5.97 Å². The molecule has 0 aromatic carbocycles. The fourth-order valence-electron chi connectivity index (χ4n) is 2.71. The molecule has 1 N–H and O–H groups in total. The zero-order valence-corrected chi connectivity index (χ0v) is 13.2. The number of anilines is 1. The van der Waals surface area contributed by atoms with E-state index in [1.165, 1.54) is 11.3 Å². The minimum atomic E-state index is -0.856. The Kier molecular flexibility index (Phi) is 4.99. The highest BCUT2D eigenvalue weighted by atomic mass is 32.1. The fourth-order valence-corrected chi connectivity index (χ4v) is 3.80. The highest BCUT2D eigenvalue weighted by Crippen LogP contribution is 2.30. The van der Waals surface area contributed by atoms with E-state index in [9.17, 15) is 9.90 Å². The second-order valence-electron chi connectivity index (χ2n) is 5.30. The van der Waals surface area contributed by atoms with Crippen molar-refractivity contribution in [1.82, 2.24) is 9.88 Å². The number of aromatic nitrogens is 1. The lowest BCUT2D eigenvalue weighted by Gasteiger charge is -2.29. The molecule has 1 unspecified atom stereocenters. The molecule has 6 heteroatoms. The predicted molar refractivity (Wildman–Crippen MR) is 82.0 cm³/mol. The van der Waals surface area contributed by atoms with Crippen LogP contribution in [-0.2, 0) is 6.42 Å². The average Bonchev–Trinajstić information content (AvgIpc) is 2.76. The van der Waals surface area contributed by atoms with Crippen molar-refractivity contribution in [3.05, 3.63) is 10.6 Å². The van der Waals surface area contributed by atoms with Crippen molar-refractivity contribution in [2.45, 2.75) is 39.2 Å². The normalized spacial score (nSPS) is 20.9. The third-order valence-electron chi connectivity index (χ3n) is 3.83. The van der Waals surface area contributed by atoms with Crippen LogP contribution in [0, 0.1) is 0 Å². The summed E-state index contributed by atoms with van der Waals surface area (Å²) >= 11 is 1.33. The maximum absolute atomic E-state index is 11.3. The number of carboxylic acid groups (broad SMARTS) is 1.